The second-order valence-corrected chi connectivity index (χ2v) is 9.97. The Morgan fingerprint density at radius 3 is 2.86 bits per heavy atom. The van der Waals surface area contributed by atoms with E-state index in [-0.39, 0.29) is 17.7 Å². The van der Waals surface area contributed by atoms with E-state index in [1.165, 1.54) is 17.6 Å². The SMILES string of the molecule is Cc1nocc1CNC(=O)OCC1CCc2c(sc(NC(=O)CC(C)c3ccccc3)c2C#N)C1. The Hall–Kier alpha value is -3.64. The third kappa shape index (κ3) is 6.08. The van der Waals surface area contributed by atoms with E-state index in [0.717, 1.165) is 40.1 Å². The first-order valence-corrected chi connectivity index (χ1v) is 12.5. The Bertz CT molecular complexity index is 1230. The normalized spacial score (nSPS) is 15.5. The van der Waals surface area contributed by atoms with Gasteiger partial charge in [0.15, 0.2) is 0 Å². The molecule has 4 rings (SSSR count). The molecule has 3 aromatic rings. The van der Waals surface area contributed by atoms with Gasteiger partial charge in [0, 0.05) is 16.9 Å². The molecular formula is C26H28N4O4S. The van der Waals surface area contributed by atoms with Crippen LogP contribution >= 0.6 is 11.3 Å². The van der Waals surface area contributed by atoms with Crippen LogP contribution in [0.4, 0.5) is 9.80 Å². The maximum atomic E-state index is 12.7. The number of carbonyl (C=O) groups excluding carboxylic acids is 2. The van der Waals surface area contributed by atoms with Crippen molar-refractivity contribution in [1.29, 1.82) is 5.26 Å². The number of nitrogens with zero attached hydrogens (tertiary/aromatic N) is 2. The van der Waals surface area contributed by atoms with Gasteiger partial charge in [-0.1, -0.05) is 42.4 Å². The van der Waals surface area contributed by atoms with Crippen LogP contribution in [0, 0.1) is 24.2 Å². The number of benzene rings is 1. The van der Waals surface area contributed by atoms with Crippen LogP contribution in [0.15, 0.2) is 41.1 Å². The molecule has 2 heterocycles. The number of aromatic nitrogens is 1. The maximum absolute atomic E-state index is 12.7. The van der Waals surface area contributed by atoms with Crippen LogP contribution in [-0.4, -0.2) is 23.8 Å². The summed E-state index contributed by atoms with van der Waals surface area (Å²) in [6.45, 7) is 4.42. The van der Waals surface area contributed by atoms with E-state index in [0.29, 0.717) is 36.6 Å². The minimum absolute atomic E-state index is 0.0812. The van der Waals surface area contributed by atoms with Gasteiger partial charge in [-0.2, -0.15) is 5.26 Å². The minimum Gasteiger partial charge on any atom is -0.449 e. The average molecular weight is 493 g/mol. The lowest BCUT2D eigenvalue weighted by Gasteiger charge is -2.21. The molecule has 2 atom stereocenters. The Labute approximate surface area is 208 Å². The standard InChI is InChI=1S/C26H28N4O4S/c1-16(19-6-4-3-5-7-19)10-24(31)29-25-22(12-27)21-9-8-18(11-23(21)35-25)14-33-26(32)28-13-20-15-34-30-17(20)2/h3-7,15-16,18H,8-11,13-14H2,1-2H3,(H,28,32)(H,29,31). The fraction of sp³-hybridized carbons (Fsp3) is 0.385. The van der Waals surface area contributed by atoms with Crippen molar-refractivity contribution in [2.24, 2.45) is 5.92 Å². The smallest absolute Gasteiger partial charge is 0.407 e. The summed E-state index contributed by atoms with van der Waals surface area (Å²) < 4.78 is 10.3. The molecule has 0 aliphatic heterocycles. The zero-order valence-electron chi connectivity index (χ0n) is 19.8. The molecule has 2 amide bonds. The van der Waals surface area contributed by atoms with Gasteiger partial charge >= 0.3 is 6.09 Å². The van der Waals surface area contributed by atoms with E-state index in [1.807, 2.05) is 44.2 Å². The number of thiophene rings is 1. The molecule has 8 nitrogen and oxygen atoms in total. The van der Waals surface area contributed by atoms with Gasteiger partial charge < -0.3 is 19.9 Å². The predicted octanol–water partition coefficient (Wildman–Crippen LogP) is 5.08. The second-order valence-electron chi connectivity index (χ2n) is 8.87. The lowest BCUT2D eigenvalue weighted by Crippen LogP contribution is -2.27. The van der Waals surface area contributed by atoms with Crippen LogP contribution in [0.25, 0.3) is 0 Å². The maximum Gasteiger partial charge on any atom is 0.407 e. The largest absolute Gasteiger partial charge is 0.449 e. The molecule has 0 radical (unpaired) electrons. The van der Waals surface area contributed by atoms with Crippen molar-refractivity contribution in [3.05, 3.63) is 69.4 Å². The van der Waals surface area contributed by atoms with Crippen LogP contribution in [0.5, 0.6) is 0 Å². The first-order chi connectivity index (χ1) is 16.9. The molecule has 2 aromatic heterocycles. The number of hydrogen-bond acceptors (Lipinski definition) is 7. The summed E-state index contributed by atoms with van der Waals surface area (Å²) in [5.41, 5.74) is 4.21. The number of nitrogens with one attached hydrogen (secondary N) is 2. The van der Waals surface area contributed by atoms with Crippen molar-refractivity contribution in [1.82, 2.24) is 10.5 Å². The fourth-order valence-corrected chi connectivity index (χ4v) is 5.58. The van der Waals surface area contributed by atoms with E-state index in [1.54, 1.807) is 0 Å². The highest BCUT2D eigenvalue weighted by atomic mass is 32.1. The van der Waals surface area contributed by atoms with Gasteiger partial charge in [-0.15, -0.1) is 11.3 Å². The number of alkyl carbamates (subject to hydrolysis) is 1. The number of fused-ring (bicyclic) bond motifs is 1. The summed E-state index contributed by atoms with van der Waals surface area (Å²) >= 11 is 1.46. The van der Waals surface area contributed by atoms with Crippen molar-refractivity contribution in [2.45, 2.75) is 52.0 Å². The van der Waals surface area contributed by atoms with E-state index < -0.39 is 6.09 Å². The van der Waals surface area contributed by atoms with Crippen LogP contribution in [0.3, 0.4) is 0 Å². The first-order valence-electron chi connectivity index (χ1n) is 11.6. The number of aryl methyl sites for hydroxylation is 1. The summed E-state index contributed by atoms with van der Waals surface area (Å²) in [7, 11) is 0. The average Bonchev–Trinajstić information content (AvgIpc) is 3.43. The van der Waals surface area contributed by atoms with Crippen molar-refractivity contribution in [3.8, 4) is 6.07 Å². The number of amides is 2. The van der Waals surface area contributed by atoms with Crippen molar-refractivity contribution in [2.75, 3.05) is 11.9 Å². The number of nitriles is 1. The Kier molecular flexibility index (Phi) is 7.83. The molecule has 0 fully saturated rings. The van der Waals surface area contributed by atoms with Crippen LogP contribution < -0.4 is 10.6 Å². The molecule has 0 bridgehead atoms. The molecule has 1 aliphatic rings. The monoisotopic (exact) mass is 492 g/mol. The van der Waals surface area contributed by atoms with Crippen molar-refractivity contribution >= 4 is 28.3 Å². The molecule has 0 saturated carbocycles. The second kappa shape index (κ2) is 11.2. The van der Waals surface area contributed by atoms with E-state index >= 15 is 0 Å². The molecule has 35 heavy (non-hydrogen) atoms. The zero-order valence-corrected chi connectivity index (χ0v) is 20.6. The summed E-state index contributed by atoms with van der Waals surface area (Å²) in [6.07, 6.45) is 3.61. The van der Waals surface area contributed by atoms with Gasteiger partial charge in [0.25, 0.3) is 0 Å². The molecule has 2 N–H and O–H groups in total. The van der Waals surface area contributed by atoms with Gasteiger partial charge in [-0.05, 0) is 49.1 Å². The lowest BCUT2D eigenvalue weighted by molar-refractivity contribution is -0.116. The zero-order chi connectivity index (χ0) is 24.8. The van der Waals surface area contributed by atoms with Crippen LogP contribution in [0.1, 0.15) is 58.5 Å². The number of ether oxygens (including phenoxy) is 1. The number of anilines is 1. The van der Waals surface area contributed by atoms with Gasteiger partial charge in [0.05, 0.1) is 24.4 Å². The number of hydrogen-bond donors (Lipinski definition) is 2. The molecule has 2 unspecified atom stereocenters. The molecular weight excluding hydrogens is 464 g/mol. The molecule has 1 aliphatic carbocycles. The highest BCUT2D eigenvalue weighted by Gasteiger charge is 2.27. The quantitative estimate of drug-likeness (QED) is 0.453. The summed E-state index contributed by atoms with van der Waals surface area (Å²) in [5, 5.41) is 19.8. The molecule has 0 spiro atoms. The third-order valence-corrected chi connectivity index (χ3v) is 7.48. The molecule has 0 saturated heterocycles. The molecule has 1 aromatic carbocycles. The summed E-state index contributed by atoms with van der Waals surface area (Å²) in [5.74, 6) is 0.145. The number of carbonyl (C=O) groups is 2. The van der Waals surface area contributed by atoms with Crippen LogP contribution in [0.2, 0.25) is 0 Å². The Morgan fingerprint density at radius 2 is 2.14 bits per heavy atom. The molecule has 9 heteroatoms. The van der Waals surface area contributed by atoms with Gasteiger partial charge in [-0.3, -0.25) is 4.79 Å². The van der Waals surface area contributed by atoms with E-state index in [4.69, 9.17) is 9.26 Å². The highest BCUT2D eigenvalue weighted by Crippen LogP contribution is 2.39. The van der Waals surface area contributed by atoms with E-state index in [9.17, 15) is 14.9 Å². The Morgan fingerprint density at radius 1 is 1.34 bits per heavy atom. The van der Waals surface area contributed by atoms with Crippen LogP contribution in [-0.2, 0) is 28.9 Å². The third-order valence-electron chi connectivity index (χ3n) is 6.31. The van der Waals surface area contributed by atoms with E-state index in [2.05, 4.69) is 21.9 Å². The first kappa shape index (κ1) is 24.5. The topological polar surface area (TPSA) is 117 Å². The van der Waals surface area contributed by atoms with Gasteiger partial charge in [0.2, 0.25) is 5.91 Å². The summed E-state index contributed by atoms with van der Waals surface area (Å²) in [6, 6.07) is 12.2. The summed E-state index contributed by atoms with van der Waals surface area (Å²) in [4.78, 5) is 25.9. The highest BCUT2D eigenvalue weighted by molar-refractivity contribution is 7.16. The Balaban J connectivity index is 1.31. The minimum atomic E-state index is -0.485. The molecule has 182 valence electrons. The fourth-order valence-electron chi connectivity index (χ4n) is 4.25. The van der Waals surface area contributed by atoms with Gasteiger partial charge in [0.1, 0.15) is 17.3 Å². The predicted molar refractivity (Wildman–Crippen MR) is 132 cm³/mol. The lowest BCUT2D eigenvalue weighted by atomic mass is 9.88. The van der Waals surface area contributed by atoms with Crippen molar-refractivity contribution < 1.29 is 18.8 Å². The van der Waals surface area contributed by atoms with Crippen molar-refractivity contribution in [3.63, 3.8) is 0 Å². The van der Waals surface area contributed by atoms with Gasteiger partial charge in [-0.25, -0.2) is 4.79 Å². The number of rotatable bonds is 8.